The molecule has 5 heteroatoms. The zero-order chi connectivity index (χ0) is 23.1. The van der Waals surface area contributed by atoms with E-state index in [-0.39, 0.29) is 18.0 Å². The summed E-state index contributed by atoms with van der Waals surface area (Å²) in [6.45, 7) is 0.210. The van der Waals surface area contributed by atoms with Crippen molar-refractivity contribution in [3.05, 3.63) is 125 Å². The summed E-state index contributed by atoms with van der Waals surface area (Å²) in [4.78, 5) is 0. The van der Waals surface area contributed by atoms with E-state index in [4.69, 9.17) is 0 Å². The molecule has 0 saturated carbocycles. The highest BCUT2D eigenvalue weighted by molar-refractivity contribution is 7.88. The van der Waals surface area contributed by atoms with Crippen molar-refractivity contribution in [1.82, 2.24) is 4.72 Å². The molecule has 0 aromatic heterocycles. The normalized spacial score (nSPS) is 11.6. The van der Waals surface area contributed by atoms with Gasteiger partial charge in [-0.1, -0.05) is 103 Å². The van der Waals surface area contributed by atoms with Gasteiger partial charge in [0.25, 0.3) is 0 Å². The number of nitrogens with one attached hydrogen (secondary N) is 1. The van der Waals surface area contributed by atoms with E-state index >= 15 is 0 Å². The third-order valence-electron chi connectivity index (χ3n) is 5.30. The van der Waals surface area contributed by atoms with Gasteiger partial charge in [-0.05, 0) is 45.5 Å². The molecule has 0 aliphatic heterocycles. The van der Waals surface area contributed by atoms with Gasteiger partial charge in [-0.15, -0.1) is 0 Å². The van der Waals surface area contributed by atoms with E-state index in [0.717, 1.165) is 33.4 Å². The molecule has 0 unspecified atom stereocenters. The van der Waals surface area contributed by atoms with E-state index in [0.29, 0.717) is 0 Å². The molecule has 0 fully saturated rings. The van der Waals surface area contributed by atoms with Crippen LogP contribution in [0.3, 0.4) is 0 Å². The van der Waals surface area contributed by atoms with Crippen molar-refractivity contribution in [2.24, 2.45) is 0 Å². The first-order valence-electron chi connectivity index (χ1n) is 10.7. The molecule has 4 rings (SSSR count). The van der Waals surface area contributed by atoms with Crippen molar-refractivity contribution in [3.8, 4) is 16.9 Å². The molecule has 0 amide bonds. The second-order valence-electron chi connectivity index (χ2n) is 7.74. The summed E-state index contributed by atoms with van der Waals surface area (Å²) in [6, 6.07) is 32.0. The maximum absolute atomic E-state index is 12.6. The number of benzene rings is 4. The number of phenolic OH excluding ortho intramolecular Hbond substituents is 1. The van der Waals surface area contributed by atoms with E-state index in [9.17, 15) is 13.5 Å². The second-order valence-corrected chi connectivity index (χ2v) is 9.54. The Morgan fingerprint density at radius 3 is 2.09 bits per heavy atom. The summed E-state index contributed by atoms with van der Waals surface area (Å²) in [6.07, 6.45) is 4.02. The summed E-state index contributed by atoms with van der Waals surface area (Å²) in [5.41, 5.74) is 5.65. The maximum atomic E-state index is 12.6. The molecule has 33 heavy (non-hydrogen) atoms. The molecular formula is C28H25NO3S. The molecule has 0 heterocycles. The Labute approximate surface area is 194 Å². The van der Waals surface area contributed by atoms with Crippen molar-refractivity contribution in [2.75, 3.05) is 0 Å². The first-order valence-corrected chi connectivity index (χ1v) is 12.3. The number of hydrogen-bond donors (Lipinski definition) is 2. The molecule has 0 bridgehead atoms. The molecular weight excluding hydrogens is 430 g/mol. The topological polar surface area (TPSA) is 66.4 Å². The largest absolute Gasteiger partial charge is 0.508 e. The number of sulfonamides is 1. The van der Waals surface area contributed by atoms with Crippen molar-refractivity contribution in [3.63, 3.8) is 0 Å². The van der Waals surface area contributed by atoms with Crippen LogP contribution in [-0.2, 0) is 22.3 Å². The number of hydrogen-bond acceptors (Lipinski definition) is 3. The Balaban J connectivity index is 1.57. The van der Waals surface area contributed by atoms with Gasteiger partial charge in [0.2, 0.25) is 10.0 Å². The van der Waals surface area contributed by atoms with Crippen LogP contribution in [0.4, 0.5) is 0 Å². The average Bonchev–Trinajstić information content (AvgIpc) is 2.83. The summed E-state index contributed by atoms with van der Waals surface area (Å²) < 4.78 is 28.0. The van der Waals surface area contributed by atoms with Gasteiger partial charge < -0.3 is 5.11 Å². The molecule has 0 atom stereocenters. The fraction of sp³-hybridized carbons (Fsp3) is 0.0714. The molecule has 0 saturated heterocycles. The second kappa shape index (κ2) is 10.3. The van der Waals surface area contributed by atoms with Gasteiger partial charge in [0.15, 0.2) is 0 Å². The zero-order valence-corrected chi connectivity index (χ0v) is 18.9. The molecule has 0 aliphatic rings. The van der Waals surface area contributed by atoms with Gasteiger partial charge in [0.1, 0.15) is 5.75 Å². The third kappa shape index (κ3) is 6.19. The van der Waals surface area contributed by atoms with E-state index in [2.05, 4.69) is 4.72 Å². The van der Waals surface area contributed by atoms with Crippen LogP contribution in [-0.4, -0.2) is 13.5 Å². The summed E-state index contributed by atoms with van der Waals surface area (Å²) in [7, 11) is -3.48. The highest BCUT2D eigenvalue weighted by Gasteiger charge is 2.14. The van der Waals surface area contributed by atoms with Crippen molar-refractivity contribution < 1.29 is 13.5 Å². The summed E-state index contributed by atoms with van der Waals surface area (Å²) in [5, 5.41) is 9.48. The Hall–Kier alpha value is -3.67. The lowest BCUT2D eigenvalue weighted by atomic mass is 9.95. The Morgan fingerprint density at radius 1 is 0.697 bits per heavy atom. The fourth-order valence-electron chi connectivity index (χ4n) is 3.63. The van der Waals surface area contributed by atoms with E-state index < -0.39 is 10.0 Å². The number of aromatic hydroxyl groups is 1. The van der Waals surface area contributed by atoms with Gasteiger partial charge in [-0.3, -0.25) is 0 Å². The standard InChI is InChI=1S/C28H25NO3S/c30-26-18-15-22(16-19-26)14-17-24-10-4-6-12-27(24)28-13-7-5-11-25(28)20-29-33(31,32)21-23-8-2-1-3-9-23/h1-19,29-30H,20-21H2. The van der Waals surface area contributed by atoms with Gasteiger partial charge in [-0.2, -0.15) is 0 Å². The summed E-state index contributed by atoms with van der Waals surface area (Å²) >= 11 is 0. The predicted molar refractivity (Wildman–Crippen MR) is 135 cm³/mol. The van der Waals surface area contributed by atoms with E-state index in [1.807, 2.05) is 103 Å². The smallest absolute Gasteiger partial charge is 0.216 e. The monoisotopic (exact) mass is 455 g/mol. The van der Waals surface area contributed by atoms with Crippen LogP contribution in [0.1, 0.15) is 22.3 Å². The first kappa shape index (κ1) is 22.5. The van der Waals surface area contributed by atoms with Gasteiger partial charge in [0, 0.05) is 6.54 Å². The van der Waals surface area contributed by atoms with Crippen molar-refractivity contribution >= 4 is 22.2 Å². The van der Waals surface area contributed by atoms with E-state index in [1.54, 1.807) is 12.1 Å². The quantitative estimate of drug-likeness (QED) is 0.328. The highest BCUT2D eigenvalue weighted by Crippen LogP contribution is 2.29. The Morgan fingerprint density at radius 2 is 1.33 bits per heavy atom. The highest BCUT2D eigenvalue weighted by atomic mass is 32.2. The van der Waals surface area contributed by atoms with Crippen molar-refractivity contribution in [2.45, 2.75) is 12.3 Å². The number of rotatable bonds is 8. The predicted octanol–water partition coefficient (Wildman–Crippen LogP) is 5.85. The van der Waals surface area contributed by atoms with Gasteiger partial charge in [-0.25, -0.2) is 13.1 Å². The number of phenols is 1. The molecule has 4 nitrogen and oxygen atoms in total. The Kier molecular flexibility index (Phi) is 7.03. The molecule has 2 N–H and O–H groups in total. The van der Waals surface area contributed by atoms with Crippen LogP contribution < -0.4 is 4.72 Å². The minimum absolute atomic E-state index is 0.0536. The van der Waals surface area contributed by atoms with Crippen LogP contribution in [0.15, 0.2) is 103 Å². The van der Waals surface area contributed by atoms with Gasteiger partial charge >= 0.3 is 0 Å². The average molecular weight is 456 g/mol. The van der Waals surface area contributed by atoms with Gasteiger partial charge in [0.05, 0.1) is 5.75 Å². The van der Waals surface area contributed by atoms with E-state index in [1.165, 1.54) is 0 Å². The maximum Gasteiger partial charge on any atom is 0.216 e. The lowest BCUT2D eigenvalue weighted by Gasteiger charge is -2.13. The lowest BCUT2D eigenvalue weighted by molar-refractivity contribution is 0.475. The SMILES string of the molecule is O=S(=O)(Cc1ccccc1)NCc1ccccc1-c1ccccc1C=Cc1ccc(O)cc1. The van der Waals surface area contributed by atoms with Crippen LogP contribution in [0.2, 0.25) is 0 Å². The molecule has 166 valence electrons. The molecule has 0 aliphatic carbocycles. The zero-order valence-electron chi connectivity index (χ0n) is 18.1. The minimum atomic E-state index is -3.48. The lowest BCUT2D eigenvalue weighted by Crippen LogP contribution is -2.25. The Bertz CT molecular complexity index is 1350. The third-order valence-corrected chi connectivity index (χ3v) is 6.60. The van der Waals surface area contributed by atoms with Crippen LogP contribution in [0.25, 0.3) is 23.3 Å². The first-order chi connectivity index (χ1) is 16.0. The molecule has 0 radical (unpaired) electrons. The van der Waals surface area contributed by atoms with Crippen LogP contribution in [0.5, 0.6) is 5.75 Å². The molecule has 4 aromatic rings. The fourth-order valence-corrected chi connectivity index (χ4v) is 4.74. The summed E-state index contributed by atoms with van der Waals surface area (Å²) in [5.74, 6) is 0.179. The minimum Gasteiger partial charge on any atom is -0.508 e. The molecule has 4 aromatic carbocycles. The van der Waals surface area contributed by atoms with Crippen LogP contribution >= 0.6 is 0 Å². The van der Waals surface area contributed by atoms with Crippen molar-refractivity contribution in [1.29, 1.82) is 0 Å². The van der Waals surface area contributed by atoms with Crippen LogP contribution in [0, 0.1) is 0 Å². The molecule has 0 spiro atoms.